The Hall–Kier alpha value is -1.38. The number of amides is 1. The Labute approximate surface area is 82.1 Å². The topological polar surface area (TPSA) is 29.1 Å². The third-order valence-corrected chi connectivity index (χ3v) is 2.55. The van der Waals surface area contributed by atoms with Gasteiger partial charge in [-0.1, -0.05) is 19.9 Å². The number of carbonyl (C=O) groups is 1. The van der Waals surface area contributed by atoms with Gasteiger partial charge in [-0.25, -0.2) is 4.39 Å². The Morgan fingerprint density at radius 3 is 2.79 bits per heavy atom. The van der Waals surface area contributed by atoms with E-state index < -0.39 is 0 Å². The number of carbonyl (C=O) groups excluding carboxylic acids is 1. The first kappa shape index (κ1) is 9.19. The molecule has 1 amide bonds. The van der Waals surface area contributed by atoms with Crippen LogP contribution in [-0.2, 0) is 0 Å². The predicted molar refractivity (Wildman–Crippen MR) is 51.4 cm³/mol. The highest BCUT2D eigenvalue weighted by atomic mass is 19.1. The molecule has 3 heteroatoms. The highest BCUT2D eigenvalue weighted by Gasteiger charge is 2.30. The molecule has 0 fully saturated rings. The van der Waals surface area contributed by atoms with Gasteiger partial charge in [0.2, 0.25) is 0 Å². The van der Waals surface area contributed by atoms with E-state index in [4.69, 9.17) is 0 Å². The summed E-state index contributed by atoms with van der Waals surface area (Å²) >= 11 is 0. The Balaban J connectivity index is 2.50. The third kappa shape index (κ3) is 1.29. The van der Waals surface area contributed by atoms with Crippen molar-refractivity contribution in [2.75, 3.05) is 0 Å². The zero-order valence-electron chi connectivity index (χ0n) is 8.17. The molecule has 0 saturated heterocycles. The fourth-order valence-corrected chi connectivity index (χ4v) is 1.82. The monoisotopic (exact) mass is 193 g/mol. The fraction of sp³-hybridized carbons (Fsp3) is 0.364. The molecule has 1 N–H and O–H groups in total. The van der Waals surface area contributed by atoms with Crippen LogP contribution in [0.15, 0.2) is 18.2 Å². The summed E-state index contributed by atoms with van der Waals surface area (Å²) in [5.74, 6) is -0.202. The maximum Gasteiger partial charge on any atom is 0.252 e. The van der Waals surface area contributed by atoms with Crippen LogP contribution in [0.2, 0.25) is 0 Å². The summed E-state index contributed by atoms with van der Waals surface area (Å²) in [6.07, 6.45) is 0. The number of rotatable bonds is 1. The number of nitrogens with one attached hydrogen (secondary N) is 1. The molecular weight excluding hydrogens is 181 g/mol. The normalized spacial score (nSPS) is 19.7. The number of fused-ring (bicyclic) bond motifs is 1. The largest absolute Gasteiger partial charge is 0.345 e. The van der Waals surface area contributed by atoms with Crippen LogP contribution in [0.1, 0.15) is 35.8 Å². The first-order valence-electron chi connectivity index (χ1n) is 4.70. The summed E-state index contributed by atoms with van der Waals surface area (Å²) in [4.78, 5) is 11.5. The minimum atomic E-state index is -0.358. The molecule has 1 aliphatic heterocycles. The lowest BCUT2D eigenvalue weighted by molar-refractivity contribution is 0.0948. The molecule has 74 valence electrons. The predicted octanol–water partition coefficient (Wildman–Crippen LogP) is 2.27. The Morgan fingerprint density at radius 1 is 1.43 bits per heavy atom. The van der Waals surface area contributed by atoms with Crippen LogP contribution < -0.4 is 5.32 Å². The van der Waals surface area contributed by atoms with Crippen molar-refractivity contribution in [3.63, 3.8) is 0 Å². The van der Waals surface area contributed by atoms with Gasteiger partial charge < -0.3 is 5.32 Å². The van der Waals surface area contributed by atoms with Crippen molar-refractivity contribution >= 4 is 5.91 Å². The number of hydrogen-bond donors (Lipinski definition) is 1. The molecule has 1 heterocycles. The summed E-state index contributed by atoms with van der Waals surface area (Å²) in [5, 5.41) is 2.84. The lowest BCUT2D eigenvalue weighted by Gasteiger charge is -2.15. The standard InChI is InChI=1S/C11H12FNO/c1-6(2)10-8-4-3-7(12)5-9(8)11(14)13-10/h3-6,10H,1-2H3,(H,13,14). The van der Waals surface area contributed by atoms with Crippen LogP contribution in [-0.4, -0.2) is 5.91 Å². The molecule has 1 aliphatic rings. The van der Waals surface area contributed by atoms with Crippen molar-refractivity contribution < 1.29 is 9.18 Å². The van der Waals surface area contributed by atoms with E-state index in [1.165, 1.54) is 12.1 Å². The highest BCUT2D eigenvalue weighted by molar-refractivity contribution is 5.99. The lowest BCUT2D eigenvalue weighted by Crippen LogP contribution is -2.22. The molecule has 1 aromatic rings. The van der Waals surface area contributed by atoms with Crippen LogP contribution in [0, 0.1) is 11.7 Å². The molecule has 0 aliphatic carbocycles. The maximum absolute atomic E-state index is 12.9. The molecular formula is C11H12FNO. The second-order valence-electron chi connectivity index (χ2n) is 3.93. The van der Waals surface area contributed by atoms with Gasteiger partial charge in [0, 0.05) is 5.56 Å². The average Bonchev–Trinajstić information content (AvgIpc) is 2.44. The van der Waals surface area contributed by atoms with E-state index in [-0.39, 0.29) is 17.8 Å². The van der Waals surface area contributed by atoms with Gasteiger partial charge in [0.05, 0.1) is 6.04 Å². The van der Waals surface area contributed by atoms with E-state index in [2.05, 4.69) is 5.32 Å². The van der Waals surface area contributed by atoms with Crippen LogP contribution in [0.3, 0.4) is 0 Å². The van der Waals surface area contributed by atoms with E-state index in [9.17, 15) is 9.18 Å². The van der Waals surface area contributed by atoms with Gasteiger partial charge in [-0.3, -0.25) is 4.79 Å². The van der Waals surface area contributed by atoms with Crippen molar-refractivity contribution in [3.8, 4) is 0 Å². The minimum absolute atomic E-state index is 0.0260. The summed E-state index contributed by atoms with van der Waals surface area (Å²) in [6, 6.07) is 4.41. The molecule has 0 bridgehead atoms. The third-order valence-electron chi connectivity index (χ3n) is 2.55. The Bertz CT molecular complexity index is 387. The van der Waals surface area contributed by atoms with Crippen molar-refractivity contribution in [2.45, 2.75) is 19.9 Å². The zero-order valence-corrected chi connectivity index (χ0v) is 8.17. The Morgan fingerprint density at radius 2 is 2.14 bits per heavy atom. The minimum Gasteiger partial charge on any atom is -0.345 e. The summed E-state index contributed by atoms with van der Waals surface area (Å²) in [6.45, 7) is 4.06. The first-order chi connectivity index (χ1) is 6.59. The van der Waals surface area contributed by atoms with Crippen molar-refractivity contribution in [1.29, 1.82) is 0 Å². The van der Waals surface area contributed by atoms with E-state index in [1.807, 2.05) is 13.8 Å². The van der Waals surface area contributed by atoms with Crippen LogP contribution >= 0.6 is 0 Å². The van der Waals surface area contributed by atoms with Crippen molar-refractivity contribution in [3.05, 3.63) is 35.1 Å². The summed E-state index contributed by atoms with van der Waals surface area (Å²) in [5.41, 5.74) is 1.38. The van der Waals surface area contributed by atoms with Gasteiger partial charge in [0.1, 0.15) is 5.82 Å². The molecule has 0 saturated carbocycles. The molecule has 0 radical (unpaired) electrons. The van der Waals surface area contributed by atoms with E-state index >= 15 is 0 Å². The zero-order chi connectivity index (χ0) is 10.3. The fourth-order valence-electron chi connectivity index (χ4n) is 1.82. The molecule has 1 unspecified atom stereocenters. The van der Waals surface area contributed by atoms with Crippen LogP contribution in [0.4, 0.5) is 4.39 Å². The molecule has 2 nitrogen and oxygen atoms in total. The van der Waals surface area contributed by atoms with Gasteiger partial charge in [0.25, 0.3) is 5.91 Å². The molecule has 0 spiro atoms. The lowest BCUT2D eigenvalue weighted by atomic mass is 9.96. The van der Waals surface area contributed by atoms with Gasteiger partial charge in [-0.2, -0.15) is 0 Å². The number of benzene rings is 1. The average molecular weight is 193 g/mol. The second-order valence-corrected chi connectivity index (χ2v) is 3.93. The van der Waals surface area contributed by atoms with Gasteiger partial charge >= 0.3 is 0 Å². The van der Waals surface area contributed by atoms with Gasteiger partial charge in [-0.05, 0) is 23.6 Å². The number of halogens is 1. The molecule has 1 atom stereocenters. The van der Waals surface area contributed by atoms with Crippen LogP contribution in [0.5, 0.6) is 0 Å². The van der Waals surface area contributed by atoms with E-state index in [1.54, 1.807) is 6.07 Å². The SMILES string of the molecule is CC(C)C1NC(=O)c2cc(F)ccc21. The Kier molecular flexibility index (Phi) is 2.02. The van der Waals surface area contributed by atoms with Gasteiger partial charge in [-0.15, -0.1) is 0 Å². The molecule has 0 aromatic heterocycles. The van der Waals surface area contributed by atoms with Gasteiger partial charge in [0.15, 0.2) is 0 Å². The summed E-state index contributed by atoms with van der Waals surface area (Å²) in [7, 11) is 0. The highest BCUT2D eigenvalue weighted by Crippen LogP contribution is 2.30. The maximum atomic E-state index is 12.9. The molecule has 2 rings (SSSR count). The first-order valence-corrected chi connectivity index (χ1v) is 4.70. The van der Waals surface area contributed by atoms with E-state index in [0.717, 1.165) is 5.56 Å². The number of hydrogen-bond acceptors (Lipinski definition) is 1. The van der Waals surface area contributed by atoms with E-state index in [0.29, 0.717) is 11.5 Å². The summed E-state index contributed by atoms with van der Waals surface area (Å²) < 4.78 is 12.9. The smallest absolute Gasteiger partial charge is 0.252 e. The second kappa shape index (κ2) is 3.08. The molecule has 14 heavy (non-hydrogen) atoms. The molecule has 1 aromatic carbocycles. The van der Waals surface area contributed by atoms with Crippen molar-refractivity contribution in [1.82, 2.24) is 5.32 Å². The quantitative estimate of drug-likeness (QED) is 0.728. The van der Waals surface area contributed by atoms with Crippen molar-refractivity contribution in [2.24, 2.45) is 5.92 Å². The van der Waals surface area contributed by atoms with Crippen LogP contribution in [0.25, 0.3) is 0 Å².